The molecule has 0 aliphatic rings. The number of ether oxygens (including phenoxy) is 1. The Labute approximate surface area is 93.5 Å². The fourth-order valence-electron chi connectivity index (χ4n) is 1.23. The third kappa shape index (κ3) is 3.52. The third-order valence-corrected chi connectivity index (χ3v) is 2.09. The second kappa shape index (κ2) is 6.09. The van der Waals surface area contributed by atoms with Crippen LogP contribution < -0.4 is 10.5 Å². The van der Waals surface area contributed by atoms with Gasteiger partial charge in [-0.05, 0) is 24.1 Å². The van der Waals surface area contributed by atoms with E-state index in [4.69, 9.17) is 20.7 Å². The summed E-state index contributed by atoms with van der Waals surface area (Å²) in [7, 11) is 0. The average molecular weight is 225 g/mol. The molecule has 0 saturated heterocycles. The van der Waals surface area contributed by atoms with Gasteiger partial charge in [-0.2, -0.15) is 0 Å². The molecule has 5 nitrogen and oxygen atoms in total. The Hall–Kier alpha value is -1.59. The number of hydrogen-bond donors (Lipinski definition) is 3. The van der Waals surface area contributed by atoms with Crippen LogP contribution in [0.1, 0.15) is 5.56 Å². The minimum absolute atomic E-state index is 0.0757. The third-order valence-electron chi connectivity index (χ3n) is 2.09. The van der Waals surface area contributed by atoms with E-state index >= 15 is 0 Å². The van der Waals surface area contributed by atoms with E-state index in [-0.39, 0.29) is 13.2 Å². The zero-order chi connectivity index (χ0) is 12.0. The summed E-state index contributed by atoms with van der Waals surface area (Å²) in [6.45, 7) is 0.00841. The molecule has 0 saturated carbocycles. The van der Waals surface area contributed by atoms with Crippen molar-refractivity contribution < 1.29 is 19.7 Å². The number of carboxylic acid groups (broad SMARTS) is 1. The molecule has 16 heavy (non-hydrogen) atoms. The molecule has 1 atom stereocenters. The van der Waals surface area contributed by atoms with Gasteiger partial charge < -0.3 is 20.7 Å². The van der Waals surface area contributed by atoms with Crippen LogP contribution >= 0.6 is 0 Å². The van der Waals surface area contributed by atoms with Gasteiger partial charge in [-0.3, -0.25) is 0 Å². The summed E-state index contributed by atoms with van der Waals surface area (Å²) in [5.41, 5.74) is 6.23. The van der Waals surface area contributed by atoms with Gasteiger partial charge in [-0.15, -0.1) is 0 Å². The fourth-order valence-corrected chi connectivity index (χ4v) is 1.23. The summed E-state index contributed by atoms with van der Waals surface area (Å²) >= 11 is 0. The number of hydrogen-bond acceptors (Lipinski definition) is 4. The Morgan fingerprint density at radius 3 is 2.44 bits per heavy atom. The first kappa shape index (κ1) is 12.5. The Morgan fingerprint density at radius 1 is 1.38 bits per heavy atom. The van der Waals surface area contributed by atoms with Gasteiger partial charge in [0.1, 0.15) is 5.75 Å². The van der Waals surface area contributed by atoms with Crippen LogP contribution in [0.5, 0.6) is 5.75 Å². The number of rotatable bonds is 6. The Bertz CT molecular complexity index is 336. The molecule has 0 aliphatic carbocycles. The van der Waals surface area contributed by atoms with Crippen LogP contribution in [-0.4, -0.2) is 35.4 Å². The molecule has 4 N–H and O–H groups in total. The highest BCUT2D eigenvalue weighted by molar-refractivity contribution is 5.73. The summed E-state index contributed by atoms with van der Waals surface area (Å²) in [5.74, 6) is -0.624. The smallest absolute Gasteiger partial charge is 0.346 e. The second-order valence-electron chi connectivity index (χ2n) is 3.30. The molecule has 0 amide bonds. The van der Waals surface area contributed by atoms with Gasteiger partial charge in [0.2, 0.25) is 6.10 Å². The van der Waals surface area contributed by atoms with E-state index in [1.165, 1.54) is 0 Å². The first-order chi connectivity index (χ1) is 7.67. The van der Waals surface area contributed by atoms with Gasteiger partial charge in [0.25, 0.3) is 0 Å². The van der Waals surface area contributed by atoms with Crippen LogP contribution in [0.3, 0.4) is 0 Å². The minimum atomic E-state index is -1.08. The first-order valence-electron chi connectivity index (χ1n) is 4.96. The fraction of sp³-hybridized carbons (Fsp3) is 0.364. The van der Waals surface area contributed by atoms with E-state index in [2.05, 4.69) is 0 Å². The second-order valence-corrected chi connectivity index (χ2v) is 3.30. The number of carboxylic acids is 1. The van der Waals surface area contributed by atoms with E-state index in [0.717, 1.165) is 5.56 Å². The van der Waals surface area contributed by atoms with Crippen LogP contribution in [-0.2, 0) is 11.2 Å². The standard InChI is InChI=1S/C11H15NO4/c12-7-10(11(14)15)16-9-3-1-8(2-4-9)5-6-13/h1-4,10,13H,5-7,12H2,(H,14,15). The molecule has 0 radical (unpaired) electrons. The number of carbonyl (C=O) groups is 1. The molecule has 0 spiro atoms. The normalized spacial score (nSPS) is 12.1. The Morgan fingerprint density at radius 2 is 2.00 bits per heavy atom. The van der Waals surface area contributed by atoms with E-state index in [1.807, 2.05) is 0 Å². The van der Waals surface area contributed by atoms with Crippen molar-refractivity contribution in [2.24, 2.45) is 5.73 Å². The minimum Gasteiger partial charge on any atom is -0.478 e. The largest absolute Gasteiger partial charge is 0.478 e. The topological polar surface area (TPSA) is 92.8 Å². The monoisotopic (exact) mass is 225 g/mol. The molecular weight excluding hydrogens is 210 g/mol. The van der Waals surface area contributed by atoms with Crippen molar-refractivity contribution in [2.45, 2.75) is 12.5 Å². The lowest BCUT2D eigenvalue weighted by Crippen LogP contribution is -2.34. The predicted octanol–water partition coefficient (Wildman–Crippen LogP) is 0.0121. The molecule has 1 rings (SSSR count). The molecular formula is C11H15NO4. The van der Waals surface area contributed by atoms with Gasteiger partial charge in [0.15, 0.2) is 0 Å². The number of benzene rings is 1. The van der Waals surface area contributed by atoms with Gasteiger partial charge in [-0.1, -0.05) is 12.1 Å². The van der Waals surface area contributed by atoms with Crippen LogP contribution in [0.4, 0.5) is 0 Å². The molecule has 5 heteroatoms. The lowest BCUT2D eigenvalue weighted by atomic mass is 10.1. The summed E-state index contributed by atoms with van der Waals surface area (Å²) in [6.07, 6.45) is -0.455. The van der Waals surface area contributed by atoms with Gasteiger partial charge in [0.05, 0.1) is 0 Å². The summed E-state index contributed by atoms with van der Waals surface area (Å²) < 4.78 is 5.17. The van der Waals surface area contributed by atoms with Crippen molar-refractivity contribution in [3.63, 3.8) is 0 Å². The molecule has 1 aromatic rings. The Balaban J connectivity index is 2.63. The number of aliphatic hydroxyl groups excluding tert-OH is 1. The molecule has 0 aliphatic heterocycles. The van der Waals surface area contributed by atoms with Crippen LogP contribution in [0.15, 0.2) is 24.3 Å². The van der Waals surface area contributed by atoms with E-state index in [0.29, 0.717) is 12.2 Å². The maximum atomic E-state index is 10.7. The zero-order valence-corrected chi connectivity index (χ0v) is 8.80. The van der Waals surface area contributed by atoms with E-state index in [1.54, 1.807) is 24.3 Å². The number of aliphatic carboxylic acids is 1. The van der Waals surface area contributed by atoms with Crippen molar-refractivity contribution in [3.05, 3.63) is 29.8 Å². The molecule has 0 heterocycles. The summed E-state index contributed by atoms with van der Waals surface area (Å²) in [4.78, 5) is 10.7. The van der Waals surface area contributed by atoms with Gasteiger partial charge >= 0.3 is 5.97 Å². The lowest BCUT2D eigenvalue weighted by molar-refractivity contribution is -0.144. The lowest BCUT2D eigenvalue weighted by Gasteiger charge is -2.13. The summed E-state index contributed by atoms with van der Waals surface area (Å²) in [5, 5.41) is 17.5. The highest BCUT2D eigenvalue weighted by atomic mass is 16.5. The SMILES string of the molecule is NCC(Oc1ccc(CCO)cc1)C(=O)O. The molecule has 1 unspecified atom stereocenters. The van der Waals surface area contributed by atoms with Crippen LogP contribution in [0.25, 0.3) is 0 Å². The van der Waals surface area contributed by atoms with Crippen molar-refractivity contribution >= 4 is 5.97 Å². The molecule has 0 aromatic heterocycles. The maximum Gasteiger partial charge on any atom is 0.346 e. The first-order valence-corrected chi connectivity index (χ1v) is 4.96. The zero-order valence-electron chi connectivity index (χ0n) is 8.80. The van der Waals surface area contributed by atoms with E-state index < -0.39 is 12.1 Å². The molecule has 1 aromatic carbocycles. The summed E-state index contributed by atoms with van der Waals surface area (Å²) in [6, 6.07) is 6.88. The molecule has 0 bridgehead atoms. The average Bonchev–Trinajstić information content (AvgIpc) is 2.28. The Kier molecular flexibility index (Phi) is 4.75. The maximum absolute atomic E-state index is 10.7. The van der Waals surface area contributed by atoms with Crippen molar-refractivity contribution in [1.82, 2.24) is 0 Å². The molecule has 0 fully saturated rings. The van der Waals surface area contributed by atoms with Crippen molar-refractivity contribution in [1.29, 1.82) is 0 Å². The quantitative estimate of drug-likeness (QED) is 0.634. The van der Waals surface area contributed by atoms with Crippen molar-refractivity contribution in [2.75, 3.05) is 13.2 Å². The van der Waals surface area contributed by atoms with E-state index in [9.17, 15) is 4.79 Å². The van der Waals surface area contributed by atoms with Crippen LogP contribution in [0.2, 0.25) is 0 Å². The highest BCUT2D eigenvalue weighted by Gasteiger charge is 2.16. The van der Waals surface area contributed by atoms with Crippen molar-refractivity contribution in [3.8, 4) is 5.75 Å². The predicted molar refractivity (Wildman–Crippen MR) is 58.3 cm³/mol. The number of aliphatic hydroxyl groups is 1. The van der Waals surface area contributed by atoms with Gasteiger partial charge in [0, 0.05) is 13.2 Å². The van der Waals surface area contributed by atoms with Gasteiger partial charge in [-0.25, -0.2) is 4.79 Å². The van der Waals surface area contributed by atoms with Crippen LogP contribution in [0, 0.1) is 0 Å². The number of nitrogens with two attached hydrogens (primary N) is 1. The highest BCUT2D eigenvalue weighted by Crippen LogP contribution is 2.14. The molecule has 88 valence electrons.